The number of hydrogen-bond donors (Lipinski definition) is 3. The summed E-state index contributed by atoms with van der Waals surface area (Å²) in [5.41, 5.74) is 1.14. The summed E-state index contributed by atoms with van der Waals surface area (Å²) in [6.45, 7) is 8.67. The highest BCUT2D eigenvalue weighted by molar-refractivity contribution is 5.79. The van der Waals surface area contributed by atoms with Crippen LogP contribution in [0.15, 0.2) is 35.3 Å². The van der Waals surface area contributed by atoms with Gasteiger partial charge >= 0.3 is 0 Å². The van der Waals surface area contributed by atoms with Crippen LogP contribution in [0.3, 0.4) is 0 Å². The third-order valence-electron chi connectivity index (χ3n) is 3.37. The van der Waals surface area contributed by atoms with Crippen molar-refractivity contribution in [2.75, 3.05) is 19.6 Å². The normalized spacial score (nSPS) is 13.2. The molecular formula is C18H31N3O. The third-order valence-corrected chi connectivity index (χ3v) is 3.37. The molecule has 0 aliphatic carbocycles. The predicted molar refractivity (Wildman–Crippen MR) is 94.2 cm³/mol. The molecule has 0 fully saturated rings. The molecule has 0 saturated carbocycles. The van der Waals surface area contributed by atoms with Gasteiger partial charge in [-0.05, 0) is 31.2 Å². The second-order valence-electron chi connectivity index (χ2n) is 6.03. The number of guanidine groups is 1. The lowest BCUT2D eigenvalue weighted by molar-refractivity contribution is 0.183. The summed E-state index contributed by atoms with van der Waals surface area (Å²) in [6, 6.07) is 10.0. The second kappa shape index (κ2) is 11.1. The zero-order chi connectivity index (χ0) is 16.2. The van der Waals surface area contributed by atoms with Crippen molar-refractivity contribution in [2.24, 2.45) is 10.9 Å². The van der Waals surface area contributed by atoms with Gasteiger partial charge in [-0.2, -0.15) is 0 Å². The van der Waals surface area contributed by atoms with Crippen molar-refractivity contribution in [2.45, 2.75) is 46.1 Å². The minimum Gasteiger partial charge on any atom is -0.391 e. The largest absolute Gasteiger partial charge is 0.391 e. The van der Waals surface area contributed by atoms with Crippen LogP contribution in [-0.4, -0.2) is 36.8 Å². The molecule has 4 heteroatoms. The monoisotopic (exact) mass is 305 g/mol. The SMILES string of the molecule is CCNC(=NCC(O)Cc1ccccc1)NCCCC(C)C. The number of aliphatic hydroxyl groups is 1. The molecule has 0 radical (unpaired) electrons. The van der Waals surface area contributed by atoms with E-state index >= 15 is 0 Å². The average Bonchev–Trinajstić information content (AvgIpc) is 2.49. The molecule has 124 valence electrons. The maximum Gasteiger partial charge on any atom is 0.191 e. The first-order chi connectivity index (χ1) is 10.6. The molecule has 1 atom stereocenters. The van der Waals surface area contributed by atoms with Gasteiger partial charge in [0.2, 0.25) is 0 Å². The zero-order valence-corrected chi connectivity index (χ0v) is 14.2. The van der Waals surface area contributed by atoms with E-state index in [9.17, 15) is 5.11 Å². The summed E-state index contributed by atoms with van der Waals surface area (Å²) in [7, 11) is 0. The van der Waals surface area contributed by atoms with E-state index < -0.39 is 6.10 Å². The zero-order valence-electron chi connectivity index (χ0n) is 14.2. The van der Waals surface area contributed by atoms with Crippen LogP contribution in [0.5, 0.6) is 0 Å². The molecule has 0 heterocycles. The first-order valence-electron chi connectivity index (χ1n) is 8.36. The number of nitrogens with zero attached hydrogens (tertiary/aromatic N) is 1. The summed E-state index contributed by atoms with van der Waals surface area (Å²) in [5.74, 6) is 1.52. The molecule has 1 aromatic rings. The van der Waals surface area contributed by atoms with E-state index in [0.29, 0.717) is 13.0 Å². The van der Waals surface area contributed by atoms with Gasteiger partial charge in [0.1, 0.15) is 0 Å². The summed E-state index contributed by atoms with van der Waals surface area (Å²) in [4.78, 5) is 4.47. The summed E-state index contributed by atoms with van der Waals surface area (Å²) >= 11 is 0. The lowest BCUT2D eigenvalue weighted by Gasteiger charge is -2.13. The van der Waals surface area contributed by atoms with Crippen LogP contribution in [0, 0.1) is 5.92 Å². The highest BCUT2D eigenvalue weighted by Crippen LogP contribution is 2.03. The van der Waals surface area contributed by atoms with E-state index in [2.05, 4.69) is 29.5 Å². The fourth-order valence-electron chi connectivity index (χ4n) is 2.21. The Morgan fingerprint density at radius 1 is 1.18 bits per heavy atom. The second-order valence-corrected chi connectivity index (χ2v) is 6.03. The Bertz CT molecular complexity index is 418. The van der Waals surface area contributed by atoms with Crippen molar-refractivity contribution in [3.05, 3.63) is 35.9 Å². The fourth-order valence-corrected chi connectivity index (χ4v) is 2.21. The van der Waals surface area contributed by atoms with Gasteiger partial charge in [-0.25, -0.2) is 0 Å². The van der Waals surface area contributed by atoms with Gasteiger partial charge in [-0.1, -0.05) is 44.2 Å². The van der Waals surface area contributed by atoms with Crippen LogP contribution in [0.1, 0.15) is 39.2 Å². The number of benzene rings is 1. The number of aliphatic imine (C=N–C) groups is 1. The Hall–Kier alpha value is -1.55. The summed E-state index contributed by atoms with van der Waals surface area (Å²) in [6.07, 6.45) is 2.53. The molecular weight excluding hydrogens is 274 g/mol. The minimum absolute atomic E-state index is 0.411. The predicted octanol–water partition coefficient (Wildman–Crippen LogP) is 2.58. The molecule has 1 aromatic carbocycles. The Labute approximate surface area is 135 Å². The first-order valence-corrected chi connectivity index (χ1v) is 8.36. The van der Waals surface area contributed by atoms with Gasteiger partial charge in [-0.15, -0.1) is 0 Å². The molecule has 1 rings (SSSR count). The smallest absolute Gasteiger partial charge is 0.191 e. The van der Waals surface area contributed by atoms with Gasteiger partial charge in [-0.3, -0.25) is 4.99 Å². The molecule has 1 unspecified atom stereocenters. The Balaban J connectivity index is 2.36. The van der Waals surface area contributed by atoms with Gasteiger partial charge < -0.3 is 15.7 Å². The van der Waals surface area contributed by atoms with Crippen molar-refractivity contribution in [3.63, 3.8) is 0 Å². The highest BCUT2D eigenvalue weighted by Gasteiger charge is 2.05. The van der Waals surface area contributed by atoms with E-state index in [-0.39, 0.29) is 0 Å². The molecule has 0 aliphatic heterocycles. The molecule has 0 spiro atoms. The van der Waals surface area contributed by atoms with Crippen molar-refractivity contribution in [1.29, 1.82) is 0 Å². The number of hydrogen-bond acceptors (Lipinski definition) is 2. The molecule has 4 nitrogen and oxygen atoms in total. The van der Waals surface area contributed by atoms with Crippen LogP contribution in [0.25, 0.3) is 0 Å². The molecule has 0 saturated heterocycles. The van der Waals surface area contributed by atoms with E-state index in [0.717, 1.165) is 37.0 Å². The van der Waals surface area contributed by atoms with Crippen LogP contribution < -0.4 is 10.6 Å². The van der Waals surface area contributed by atoms with Gasteiger partial charge in [0.05, 0.1) is 12.6 Å². The van der Waals surface area contributed by atoms with Gasteiger partial charge in [0.15, 0.2) is 5.96 Å². The Kier molecular flexibility index (Phi) is 9.31. The van der Waals surface area contributed by atoms with Crippen molar-refractivity contribution >= 4 is 5.96 Å². The first kappa shape index (κ1) is 18.5. The molecule has 0 amide bonds. The lowest BCUT2D eigenvalue weighted by atomic mass is 10.1. The third kappa shape index (κ3) is 8.67. The number of rotatable bonds is 9. The van der Waals surface area contributed by atoms with Crippen molar-refractivity contribution in [1.82, 2.24) is 10.6 Å². The number of aliphatic hydroxyl groups excluding tert-OH is 1. The molecule has 3 N–H and O–H groups in total. The Morgan fingerprint density at radius 3 is 2.55 bits per heavy atom. The van der Waals surface area contributed by atoms with E-state index in [4.69, 9.17) is 0 Å². The molecule has 0 bridgehead atoms. The standard InChI is InChI=1S/C18H31N3O/c1-4-19-18(20-12-8-9-15(2)3)21-14-17(22)13-16-10-6-5-7-11-16/h5-7,10-11,15,17,22H,4,8-9,12-14H2,1-3H3,(H2,19,20,21). The molecule has 22 heavy (non-hydrogen) atoms. The van der Waals surface area contributed by atoms with Crippen LogP contribution >= 0.6 is 0 Å². The molecule has 0 aromatic heterocycles. The maximum atomic E-state index is 10.1. The van der Waals surface area contributed by atoms with Crippen molar-refractivity contribution in [3.8, 4) is 0 Å². The minimum atomic E-state index is -0.450. The topological polar surface area (TPSA) is 56.7 Å². The van der Waals surface area contributed by atoms with E-state index in [1.54, 1.807) is 0 Å². The van der Waals surface area contributed by atoms with Crippen LogP contribution in [-0.2, 0) is 6.42 Å². The van der Waals surface area contributed by atoms with E-state index in [1.807, 2.05) is 37.3 Å². The highest BCUT2D eigenvalue weighted by atomic mass is 16.3. The Morgan fingerprint density at radius 2 is 1.91 bits per heavy atom. The van der Waals surface area contributed by atoms with Crippen LogP contribution in [0.2, 0.25) is 0 Å². The van der Waals surface area contributed by atoms with Gasteiger partial charge in [0, 0.05) is 19.5 Å². The number of nitrogens with one attached hydrogen (secondary N) is 2. The van der Waals surface area contributed by atoms with Gasteiger partial charge in [0.25, 0.3) is 0 Å². The quantitative estimate of drug-likeness (QED) is 0.373. The van der Waals surface area contributed by atoms with Crippen molar-refractivity contribution < 1.29 is 5.11 Å². The lowest BCUT2D eigenvalue weighted by Crippen LogP contribution is -2.38. The fraction of sp³-hybridized carbons (Fsp3) is 0.611. The summed E-state index contributed by atoms with van der Waals surface area (Å²) < 4.78 is 0. The van der Waals surface area contributed by atoms with Crippen LogP contribution in [0.4, 0.5) is 0 Å². The summed E-state index contributed by atoms with van der Waals surface area (Å²) in [5, 5.41) is 16.6. The molecule has 0 aliphatic rings. The van der Waals surface area contributed by atoms with E-state index in [1.165, 1.54) is 6.42 Å². The average molecular weight is 305 g/mol. The maximum absolute atomic E-state index is 10.1.